The minimum absolute atomic E-state index is 0.102. The number of methoxy groups -OCH3 is 1. The molecule has 7 heteroatoms. The molecule has 0 unspecified atom stereocenters. The fourth-order valence-electron chi connectivity index (χ4n) is 2.94. The van der Waals surface area contributed by atoms with Gasteiger partial charge in [0.05, 0.1) is 30.2 Å². The van der Waals surface area contributed by atoms with Gasteiger partial charge in [-0.05, 0) is 25.3 Å². The summed E-state index contributed by atoms with van der Waals surface area (Å²) in [5.74, 6) is 2.00. The van der Waals surface area contributed by atoms with E-state index in [1.54, 1.807) is 13.3 Å². The molecule has 0 aromatic carbocycles. The van der Waals surface area contributed by atoms with E-state index in [4.69, 9.17) is 25.2 Å². The maximum Gasteiger partial charge on any atom is 0.237 e. The van der Waals surface area contributed by atoms with Gasteiger partial charge in [-0.1, -0.05) is 20.8 Å². The molecule has 0 radical (unpaired) electrons. The summed E-state index contributed by atoms with van der Waals surface area (Å²) in [4.78, 5) is 16.1. The van der Waals surface area contributed by atoms with Crippen molar-refractivity contribution in [3.8, 4) is 22.9 Å². The molecule has 0 spiro atoms. The minimum atomic E-state index is 0.102. The average molecular weight is 374 g/mol. The van der Waals surface area contributed by atoms with E-state index in [0.717, 1.165) is 35.6 Å². The third-order valence-electron chi connectivity index (χ3n) is 4.49. The molecular formula is C20H31N5O2. The third kappa shape index (κ3) is 4.47. The highest BCUT2D eigenvalue weighted by molar-refractivity contribution is 5.80. The van der Waals surface area contributed by atoms with Crippen LogP contribution in [0.15, 0.2) is 12.3 Å². The predicted octanol–water partition coefficient (Wildman–Crippen LogP) is 3.20. The van der Waals surface area contributed by atoms with Gasteiger partial charge in [0.1, 0.15) is 17.3 Å². The lowest BCUT2D eigenvalue weighted by Crippen LogP contribution is -2.19. The molecule has 0 amide bonds. The summed E-state index contributed by atoms with van der Waals surface area (Å²) in [5, 5.41) is 0. The van der Waals surface area contributed by atoms with Crippen LogP contribution in [-0.4, -0.2) is 42.3 Å². The highest BCUT2D eigenvalue weighted by Crippen LogP contribution is 2.38. The molecule has 0 saturated carbocycles. The molecule has 2 rings (SSSR count). The van der Waals surface area contributed by atoms with Gasteiger partial charge in [-0.15, -0.1) is 0 Å². The van der Waals surface area contributed by atoms with E-state index in [1.807, 2.05) is 25.1 Å². The molecule has 2 N–H and O–H groups in total. The SMILES string of the molecule is CCc1nc(OC(CC)CC)c(CN)nc1-c1c(OC)ccnc1N(C)C. The first-order chi connectivity index (χ1) is 13.0. The number of nitrogens with two attached hydrogens (primary N) is 1. The Hall–Kier alpha value is -2.41. The van der Waals surface area contributed by atoms with Crippen molar-refractivity contribution in [1.82, 2.24) is 15.0 Å². The van der Waals surface area contributed by atoms with Crippen molar-refractivity contribution in [1.29, 1.82) is 0 Å². The zero-order valence-electron chi connectivity index (χ0n) is 17.2. The average Bonchev–Trinajstić information content (AvgIpc) is 2.70. The standard InChI is InChI=1S/C20H31N5O2/c1-7-13(8-2)27-20-15(12-21)23-18(14(9-3)24-20)17-16(26-6)10-11-22-19(17)25(4)5/h10-11,13H,7-9,12,21H2,1-6H3. The van der Waals surface area contributed by atoms with Crippen molar-refractivity contribution in [2.24, 2.45) is 5.73 Å². The summed E-state index contributed by atoms with van der Waals surface area (Å²) < 4.78 is 11.7. The zero-order chi connectivity index (χ0) is 20.0. The van der Waals surface area contributed by atoms with Gasteiger partial charge in [0.15, 0.2) is 0 Å². The number of aryl methyl sites for hydroxylation is 1. The monoisotopic (exact) mass is 373 g/mol. The quantitative estimate of drug-likeness (QED) is 0.722. The highest BCUT2D eigenvalue weighted by atomic mass is 16.5. The largest absolute Gasteiger partial charge is 0.496 e. The first-order valence-electron chi connectivity index (χ1n) is 9.47. The topological polar surface area (TPSA) is 86.4 Å². The van der Waals surface area contributed by atoms with E-state index >= 15 is 0 Å². The van der Waals surface area contributed by atoms with Crippen molar-refractivity contribution in [3.63, 3.8) is 0 Å². The van der Waals surface area contributed by atoms with E-state index in [0.29, 0.717) is 23.7 Å². The van der Waals surface area contributed by atoms with Crippen LogP contribution in [0.2, 0.25) is 0 Å². The summed E-state index contributed by atoms with van der Waals surface area (Å²) in [6.07, 6.45) is 4.35. The second-order valence-corrected chi connectivity index (χ2v) is 6.49. The van der Waals surface area contributed by atoms with Gasteiger partial charge >= 0.3 is 0 Å². The van der Waals surface area contributed by atoms with E-state index in [1.165, 1.54) is 0 Å². The molecule has 0 bridgehead atoms. The van der Waals surface area contributed by atoms with Gasteiger partial charge in [-0.25, -0.2) is 15.0 Å². The predicted molar refractivity (Wildman–Crippen MR) is 108 cm³/mol. The number of ether oxygens (including phenoxy) is 2. The molecule has 2 aromatic heterocycles. The summed E-state index contributed by atoms with van der Waals surface area (Å²) in [5.41, 5.74) is 9.01. The minimum Gasteiger partial charge on any atom is -0.496 e. The molecule has 0 atom stereocenters. The second kappa shape index (κ2) is 9.50. The first kappa shape index (κ1) is 20.9. The molecule has 27 heavy (non-hydrogen) atoms. The number of rotatable bonds is 9. The van der Waals surface area contributed by atoms with E-state index in [-0.39, 0.29) is 12.6 Å². The molecule has 0 aliphatic rings. The van der Waals surface area contributed by atoms with Crippen LogP contribution in [0.5, 0.6) is 11.6 Å². The van der Waals surface area contributed by atoms with Gasteiger partial charge in [-0.3, -0.25) is 0 Å². The number of anilines is 1. The first-order valence-corrected chi connectivity index (χ1v) is 9.47. The molecule has 7 nitrogen and oxygen atoms in total. The van der Waals surface area contributed by atoms with Crippen molar-refractivity contribution < 1.29 is 9.47 Å². The number of nitrogens with zero attached hydrogens (tertiary/aromatic N) is 4. The molecular weight excluding hydrogens is 342 g/mol. The number of hydrogen-bond donors (Lipinski definition) is 1. The summed E-state index contributed by atoms with van der Waals surface area (Å²) in [6, 6.07) is 1.83. The number of aromatic nitrogens is 3. The van der Waals surface area contributed by atoms with Crippen LogP contribution in [-0.2, 0) is 13.0 Å². The zero-order valence-corrected chi connectivity index (χ0v) is 17.2. The highest BCUT2D eigenvalue weighted by Gasteiger charge is 2.23. The van der Waals surface area contributed by atoms with Crippen LogP contribution in [0.25, 0.3) is 11.3 Å². The summed E-state index contributed by atoms with van der Waals surface area (Å²) in [7, 11) is 5.53. The van der Waals surface area contributed by atoms with Crippen LogP contribution < -0.4 is 20.1 Å². The van der Waals surface area contributed by atoms with E-state index < -0.39 is 0 Å². The maximum atomic E-state index is 6.09. The Balaban J connectivity index is 2.68. The lowest BCUT2D eigenvalue weighted by atomic mass is 10.1. The van der Waals surface area contributed by atoms with Gasteiger partial charge in [0.2, 0.25) is 5.88 Å². The Morgan fingerprint density at radius 1 is 1.11 bits per heavy atom. The Labute approximate surface area is 161 Å². The van der Waals surface area contributed by atoms with Crippen molar-refractivity contribution in [2.75, 3.05) is 26.1 Å². The van der Waals surface area contributed by atoms with Crippen molar-refractivity contribution >= 4 is 5.82 Å². The fraction of sp³-hybridized carbons (Fsp3) is 0.550. The molecule has 0 aliphatic heterocycles. The van der Waals surface area contributed by atoms with Gasteiger partial charge in [-0.2, -0.15) is 0 Å². The Morgan fingerprint density at radius 2 is 1.81 bits per heavy atom. The van der Waals surface area contributed by atoms with E-state index in [9.17, 15) is 0 Å². The van der Waals surface area contributed by atoms with Crippen LogP contribution in [0.1, 0.15) is 45.0 Å². The Morgan fingerprint density at radius 3 is 2.33 bits per heavy atom. The number of pyridine rings is 1. The molecule has 0 aliphatic carbocycles. The van der Waals surface area contributed by atoms with Crippen LogP contribution in [0.4, 0.5) is 5.82 Å². The lowest BCUT2D eigenvalue weighted by molar-refractivity contribution is 0.181. The number of hydrogen-bond acceptors (Lipinski definition) is 7. The van der Waals surface area contributed by atoms with Crippen LogP contribution in [0.3, 0.4) is 0 Å². The Kier molecular flexibility index (Phi) is 7.36. The summed E-state index contributed by atoms with van der Waals surface area (Å²) >= 11 is 0. The fourth-order valence-corrected chi connectivity index (χ4v) is 2.94. The maximum absolute atomic E-state index is 6.09. The lowest BCUT2D eigenvalue weighted by Gasteiger charge is -2.22. The normalized spacial score (nSPS) is 11.0. The van der Waals surface area contributed by atoms with Gasteiger partial charge < -0.3 is 20.1 Å². The Bertz CT molecular complexity index is 760. The van der Waals surface area contributed by atoms with Crippen molar-refractivity contribution in [2.45, 2.75) is 52.7 Å². The third-order valence-corrected chi connectivity index (χ3v) is 4.49. The van der Waals surface area contributed by atoms with E-state index in [2.05, 4.69) is 25.8 Å². The van der Waals surface area contributed by atoms with Gasteiger partial charge in [0, 0.05) is 26.8 Å². The molecule has 2 heterocycles. The molecule has 2 aromatic rings. The summed E-state index contributed by atoms with van der Waals surface area (Å²) in [6.45, 7) is 6.50. The van der Waals surface area contributed by atoms with Crippen LogP contribution >= 0.6 is 0 Å². The van der Waals surface area contributed by atoms with Gasteiger partial charge in [0.25, 0.3) is 0 Å². The second-order valence-electron chi connectivity index (χ2n) is 6.49. The molecule has 0 fully saturated rings. The smallest absolute Gasteiger partial charge is 0.237 e. The van der Waals surface area contributed by atoms with Crippen LogP contribution in [0, 0.1) is 0 Å². The van der Waals surface area contributed by atoms with Crippen molar-refractivity contribution in [3.05, 3.63) is 23.7 Å². The molecule has 0 saturated heterocycles. The molecule has 148 valence electrons.